The van der Waals surface area contributed by atoms with Gasteiger partial charge in [-0.25, -0.2) is 19.8 Å². The van der Waals surface area contributed by atoms with Gasteiger partial charge in [-0.1, -0.05) is 208 Å². The first-order valence-electron chi connectivity index (χ1n) is 23.5. The van der Waals surface area contributed by atoms with Crippen LogP contribution in [0.25, 0.3) is 127 Å². The van der Waals surface area contributed by atoms with Crippen molar-refractivity contribution in [1.29, 1.82) is 0 Å². The topological polar surface area (TPSA) is 43.0 Å². The zero-order valence-electron chi connectivity index (χ0n) is 38.1. The molecule has 0 radical (unpaired) electrons. The molecule has 0 bridgehead atoms. The third kappa shape index (κ3) is 6.54. The van der Waals surface area contributed by atoms with E-state index < -0.39 is 0 Å². The van der Waals surface area contributed by atoms with Crippen molar-refractivity contribution in [3.05, 3.63) is 241 Å². The second-order valence-corrected chi connectivity index (χ2v) is 18.6. The van der Waals surface area contributed by atoms with Crippen molar-refractivity contribution in [2.75, 3.05) is 0 Å². The second kappa shape index (κ2) is 15.8. The van der Waals surface area contributed by atoms with Gasteiger partial charge in [-0.15, -0.1) is 0 Å². The van der Waals surface area contributed by atoms with Crippen LogP contribution in [0.2, 0.25) is 0 Å². The van der Waals surface area contributed by atoms with Gasteiger partial charge in [0, 0.05) is 22.1 Å². The number of fused-ring (bicyclic) bond motifs is 9. The van der Waals surface area contributed by atoms with Gasteiger partial charge in [0.05, 0.1) is 6.57 Å². The molecule has 11 aromatic carbocycles. The van der Waals surface area contributed by atoms with E-state index in [1.807, 2.05) is 30.3 Å². The fraction of sp³-hybridized carbons (Fsp3) is 0.0462. The molecule has 0 saturated carbocycles. The van der Waals surface area contributed by atoms with Crippen molar-refractivity contribution in [1.82, 2.24) is 15.0 Å². The third-order valence-corrected chi connectivity index (χ3v) is 14.3. The van der Waals surface area contributed by atoms with E-state index in [-0.39, 0.29) is 5.41 Å². The standard InChI is InChI=1S/C65H42N4/c1-65(2)60-27-14-13-26-54(60)55-33-30-44(37-61(55)65)64-68-62(41-16-5-4-6-17-41)67-63(69-64)43-19-15-18-42(36-43)56-38-58-52-25-12-11-24-51(52)57(39-59(58)50-23-10-9-22-49(50)56)53-35-34-46(47-20-7-8-21-48(47)53)40-28-31-45(66-3)32-29-40/h4-39H,1-2H3. The van der Waals surface area contributed by atoms with Crippen LogP contribution in [0.3, 0.4) is 0 Å². The molecule has 1 aliphatic rings. The minimum Gasteiger partial charge on any atom is -0.238 e. The summed E-state index contributed by atoms with van der Waals surface area (Å²) in [5.74, 6) is 1.91. The Kier molecular flexibility index (Phi) is 9.22. The maximum Gasteiger partial charge on any atom is 0.187 e. The molecule has 1 aliphatic carbocycles. The highest BCUT2D eigenvalue weighted by Gasteiger charge is 2.35. The first-order chi connectivity index (χ1) is 33.9. The molecule has 69 heavy (non-hydrogen) atoms. The maximum absolute atomic E-state index is 7.46. The van der Waals surface area contributed by atoms with Gasteiger partial charge in [-0.3, -0.25) is 0 Å². The van der Waals surface area contributed by atoms with Gasteiger partial charge < -0.3 is 0 Å². The summed E-state index contributed by atoms with van der Waals surface area (Å²) in [5, 5.41) is 9.54. The molecule has 0 unspecified atom stereocenters. The summed E-state index contributed by atoms with van der Waals surface area (Å²) in [5.41, 5.74) is 15.3. The zero-order chi connectivity index (χ0) is 46.2. The summed E-state index contributed by atoms with van der Waals surface area (Å²) in [6, 6.07) is 77.8. The normalized spacial score (nSPS) is 12.6. The number of benzene rings is 11. The lowest BCUT2D eigenvalue weighted by atomic mass is 9.82. The zero-order valence-corrected chi connectivity index (χ0v) is 38.1. The van der Waals surface area contributed by atoms with E-state index in [0.29, 0.717) is 23.2 Å². The fourth-order valence-electron chi connectivity index (χ4n) is 10.9. The molecule has 0 aliphatic heterocycles. The monoisotopic (exact) mass is 878 g/mol. The lowest BCUT2D eigenvalue weighted by molar-refractivity contribution is 0.660. The minimum absolute atomic E-state index is 0.154. The molecular formula is C65H42N4. The van der Waals surface area contributed by atoms with Gasteiger partial charge in [0.1, 0.15) is 0 Å². The van der Waals surface area contributed by atoms with Gasteiger partial charge >= 0.3 is 0 Å². The number of rotatable bonds is 6. The van der Waals surface area contributed by atoms with Crippen molar-refractivity contribution >= 4 is 48.8 Å². The molecule has 1 aromatic heterocycles. The summed E-state index contributed by atoms with van der Waals surface area (Å²) < 4.78 is 0. The minimum atomic E-state index is -0.154. The Morgan fingerprint density at radius 2 is 0.768 bits per heavy atom. The summed E-state index contributed by atoms with van der Waals surface area (Å²) in [6.07, 6.45) is 0. The van der Waals surface area contributed by atoms with Crippen LogP contribution < -0.4 is 0 Å². The van der Waals surface area contributed by atoms with Crippen molar-refractivity contribution in [3.63, 3.8) is 0 Å². The summed E-state index contributed by atoms with van der Waals surface area (Å²) in [7, 11) is 0. The van der Waals surface area contributed by atoms with Crippen molar-refractivity contribution in [3.8, 4) is 78.7 Å². The average molecular weight is 879 g/mol. The number of aromatic nitrogens is 3. The Morgan fingerprint density at radius 1 is 0.304 bits per heavy atom. The van der Waals surface area contributed by atoms with Gasteiger partial charge in [0.15, 0.2) is 23.2 Å². The van der Waals surface area contributed by atoms with E-state index in [1.54, 1.807) is 0 Å². The predicted octanol–water partition coefficient (Wildman–Crippen LogP) is 17.3. The van der Waals surface area contributed by atoms with Gasteiger partial charge in [-0.05, 0) is 123 Å². The quantitative estimate of drug-likeness (QED) is 0.123. The second-order valence-electron chi connectivity index (χ2n) is 18.6. The third-order valence-electron chi connectivity index (χ3n) is 14.3. The summed E-state index contributed by atoms with van der Waals surface area (Å²) in [4.78, 5) is 19.2. The highest BCUT2D eigenvalue weighted by Crippen LogP contribution is 2.50. The summed E-state index contributed by atoms with van der Waals surface area (Å²) in [6.45, 7) is 12.1. The first-order valence-corrected chi connectivity index (χ1v) is 23.5. The lowest BCUT2D eigenvalue weighted by Crippen LogP contribution is -2.15. The number of nitrogens with zero attached hydrogens (tertiary/aromatic N) is 4. The SMILES string of the molecule is [C-]#[N+]c1ccc(-c2ccc(-c3cc4c5ccccc5c(-c5cccc(-c6nc(-c7ccccc7)nc(-c7ccc8c(c7)C(C)(C)c7ccccc7-8)n6)c5)cc4c4ccccc34)c3ccccc23)cc1. The molecule has 0 amide bonds. The Labute approximate surface area is 400 Å². The Balaban J connectivity index is 0.965. The molecule has 322 valence electrons. The fourth-order valence-corrected chi connectivity index (χ4v) is 10.9. The summed E-state index contributed by atoms with van der Waals surface area (Å²) >= 11 is 0. The van der Waals surface area contributed by atoms with Crippen LogP contribution in [0.1, 0.15) is 25.0 Å². The van der Waals surface area contributed by atoms with Crippen LogP contribution in [0.15, 0.2) is 218 Å². The molecule has 0 N–H and O–H groups in total. The van der Waals surface area contributed by atoms with Crippen LogP contribution in [0.5, 0.6) is 0 Å². The van der Waals surface area contributed by atoms with Crippen molar-refractivity contribution in [2.45, 2.75) is 19.3 Å². The molecular weight excluding hydrogens is 837 g/mol. The van der Waals surface area contributed by atoms with Crippen LogP contribution in [0.4, 0.5) is 5.69 Å². The molecule has 0 spiro atoms. The van der Waals surface area contributed by atoms with Gasteiger partial charge in [0.2, 0.25) is 0 Å². The van der Waals surface area contributed by atoms with E-state index in [9.17, 15) is 0 Å². The van der Waals surface area contributed by atoms with E-state index in [4.69, 9.17) is 21.5 Å². The van der Waals surface area contributed by atoms with Crippen molar-refractivity contribution in [2.24, 2.45) is 0 Å². The molecule has 4 heteroatoms. The number of hydrogen-bond donors (Lipinski definition) is 0. The Bertz CT molecular complexity index is 4110. The number of hydrogen-bond acceptors (Lipinski definition) is 3. The van der Waals surface area contributed by atoms with E-state index in [2.05, 4.69) is 207 Å². The van der Waals surface area contributed by atoms with E-state index in [0.717, 1.165) is 38.9 Å². The van der Waals surface area contributed by atoms with E-state index >= 15 is 0 Å². The molecule has 12 aromatic rings. The van der Waals surface area contributed by atoms with Crippen LogP contribution in [0, 0.1) is 6.57 Å². The molecule has 13 rings (SSSR count). The maximum atomic E-state index is 7.46. The molecule has 4 nitrogen and oxygen atoms in total. The lowest BCUT2D eigenvalue weighted by Gasteiger charge is -2.21. The molecule has 0 atom stereocenters. The average Bonchev–Trinajstić information content (AvgIpc) is 3.65. The van der Waals surface area contributed by atoms with Crippen LogP contribution in [-0.2, 0) is 5.41 Å². The highest BCUT2D eigenvalue weighted by molar-refractivity contribution is 6.25. The molecule has 0 saturated heterocycles. The Morgan fingerprint density at radius 3 is 1.45 bits per heavy atom. The highest BCUT2D eigenvalue weighted by atomic mass is 15.0. The van der Waals surface area contributed by atoms with E-state index in [1.165, 1.54) is 76.5 Å². The predicted molar refractivity (Wildman–Crippen MR) is 286 cm³/mol. The molecule has 1 heterocycles. The van der Waals surface area contributed by atoms with Gasteiger partial charge in [-0.2, -0.15) is 0 Å². The Hall–Kier alpha value is -9.04. The van der Waals surface area contributed by atoms with Gasteiger partial charge in [0.25, 0.3) is 0 Å². The smallest absolute Gasteiger partial charge is 0.187 e. The molecule has 0 fully saturated rings. The largest absolute Gasteiger partial charge is 0.238 e. The first kappa shape index (κ1) is 40.3. The van der Waals surface area contributed by atoms with Crippen molar-refractivity contribution < 1.29 is 0 Å². The van der Waals surface area contributed by atoms with Crippen LogP contribution >= 0.6 is 0 Å². The van der Waals surface area contributed by atoms with Crippen LogP contribution in [-0.4, -0.2) is 15.0 Å².